The number of hydrogen-bond acceptors (Lipinski definition) is 6. The van der Waals surface area contributed by atoms with E-state index < -0.39 is 17.7 Å². The number of amides is 1. The molecule has 0 spiro atoms. The van der Waals surface area contributed by atoms with E-state index in [0.29, 0.717) is 31.9 Å². The van der Waals surface area contributed by atoms with Gasteiger partial charge in [0.15, 0.2) is 0 Å². The van der Waals surface area contributed by atoms with Crippen LogP contribution in [0.2, 0.25) is 0 Å². The third kappa shape index (κ3) is 4.80. The summed E-state index contributed by atoms with van der Waals surface area (Å²) in [5, 5.41) is 11.3. The molecule has 2 aromatic rings. The minimum Gasteiger partial charge on any atom is -0.507 e. The van der Waals surface area contributed by atoms with Crippen molar-refractivity contribution in [3.05, 3.63) is 64.7 Å². The van der Waals surface area contributed by atoms with Crippen molar-refractivity contribution in [2.24, 2.45) is 0 Å². The highest BCUT2D eigenvalue weighted by Crippen LogP contribution is 2.40. The smallest absolute Gasteiger partial charge is 0.295 e. The third-order valence-electron chi connectivity index (χ3n) is 6.18. The van der Waals surface area contributed by atoms with Crippen LogP contribution in [0.15, 0.2) is 48.0 Å². The van der Waals surface area contributed by atoms with Crippen LogP contribution in [-0.2, 0) is 16.0 Å². The molecule has 1 fully saturated rings. The first-order valence-electron chi connectivity index (χ1n) is 11.8. The predicted molar refractivity (Wildman–Crippen MR) is 130 cm³/mol. The van der Waals surface area contributed by atoms with Crippen molar-refractivity contribution < 1.29 is 24.2 Å². The van der Waals surface area contributed by atoms with Crippen molar-refractivity contribution in [3.8, 4) is 11.5 Å². The number of aryl methyl sites for hydroxylation is 1. The molecule has 2 heterocycles. The van der Waals surface area contributed by atoms with Gasteiger partial charge >= 0.3 is 0 Å². The van der Waals surface area contributed by atoms with Crippen molar-refractivity contribution in [3.63, 3.8) is 0 Å². The summed E-state index contributed by atoms with van der Waals surface area (Å²) in [5.41, 5.74) is 2.38. The van der Waals surface area contributed by atoms with E-state index in [2.05, 4.69) is 0 Å². The summed E-state index contributed by atoms with van der Waals surface area (Å²) < 4.78 is 11.4. The van der Waals surface area contributed by atoms with Gasteiger partial charge < -0.3 is 24.4 Å². The van der Waals surface area contributed by atoms with Crippen molar-refractivity contribution in [1.29, 1.82) is 0 Å². The Hall–Kier alpha value is -3.32. The predicted octanol–water partition coefficient (Wildman–Crippen LogP) is 3.78. The van der Waals surface area contributed by atoms with Crippen LogP contribution >= 0.6 is 0 Å². The molecule has 2 aromatic carbocycles. The highest BCUT2D eigenvalue weighted by molar-refractivity contribution is 6.46. The van der Waals surface area contributed by atoms with Gasteiger partial charge in [-0.05, 0) is 74.8 Å². The van der Waals surface area contributed by atoms with Gasteiger partial charge in [0.2, 0.25) is 0 Å². The van der Waals surface area contributed by atoms with Gasteiger partial charge in [0.25, 0.3) is 11.7 Å². The Balaban J connectivity index is 1.76. The summed E-state index contributed by atoms with van der Waals surface area (Å²) in [5.74, 6) is 0.108. The van der Waals surface area contributed by atoms with Gasteiger partial charge in [-0.1, -0.05) is 19.1 Å². The largest absolute Gasteiger partial charge is 0.507 e. The molecule has 0 radical (unpaired) electrons. The molecule has 7 heteroatoms. The van der Waals surface area contributed by atoms with E-state index in [1.165, 1.54) is 0 Å². The lowest BCUT2D eigenvalue weighted by Crippen LogP contribution is -2.35. The van der Waals surface area contributed by atoms with Crippen molar-refractivity contribution in [2.75, 3.05) is 40.4 Å². The van der Waals surface area contributed by atoms with Crippen molar-refractivity contribution in [2.45, 2.75) is 32.2 Å². The molecule has 1 amide bonds. The van der Waals surface area contributed by atoms with Crippen molar-refractivity contribution >= 4 is 17.4 Å². The maximum absolute atomic E-state index is 13.2. The zero-order valence-electron chi connectivity index (χ0n) is 20.0. The lowest BCUT2D eigenvalue weighted by molar-refractivity contribution is -0.140. The van der Waals surface area contributed by atoms with E-state index in [9.17, 15) is 14.7 Å². The van der Waals surface area contributed by atoms with Gasteiger partial charge in [-0.15, -0.1) is 0 Å². The average molecular weight is 465 g/mol. The van der Waals surface area contributed by atoms with Crippen LogP contribution in [-0.4, -0.2) is 67.0 Å². The summed E-state index contributed by atoms with van der Waals surface area (Å²) in [6.07, 6.45) is 2.65. The number of hydrogen-bond donors (Lipinski definition) is 1. The van der Waals surface area contributed by atoms with E-state index in [-0.39, 0.29) is 11.3 Å². The highest BCUT2D eigenvalue weighted by atomic mass is 16.5. The molecule has 1 atom stereocenters. The molecule has 0 aliphatic carbocycles. The van der Waals surface area contributed by atoms with Gasteiger partial charge in [-0.2, -0.15) is 0 Å². The lowest BCUT2D eigenvalue weighted by Gasteiger charge is -2.27. The van der Waals surface area contributed by atoms with Gasteiger partial charge in [0.1, 0.15) is 17.3 Å². The number of benzene rings is 2. The molecule has 2 aliphatic heterocycles. The summed E-state index contributed by atoms with van der Waals surface area (Å²) in [4.78, 5) is 29.8. The second-order valence-electron chi connectivity index (χ2n) is 8.99. The normalized spacial score (nSPS) is 19.3. The topological polar surface area (TPSA) is 79.3 Å². The fraction of sp³-hybridized carbons (Fsp3) is 0.407. The van der Waals surface area contributed by atoms with E-state index in [1.807, 2.05) is 62.3 Å². The molecule has 0 bridgehead atoms. The molecule has 0 saturated carbocycles. The number of ether oxygens (including phenoxy) is 2. The monoisotopic (exact) mass is 464 g/mol. The SMILES string of the molecule is CCCOc1ccc(C2/C(=C(/O)c3ccc4c(c3)CCCO4)C(=O)C(=O)N2CCN(C)C)cc1. The molecule has 7 nitrogen and oxygen atoms in total. The second kappa shape index (κ2) is 10.3. The summed E-state index contributed by atoms with van der Waals surface area (Å²) in [6, 6.07) is 12.1. The minimum atomic E-state index is -0.674. The lowest BCUT2D eigenvalue weighted by atomic mass is 9.94. The van der Waals surface area contributed by atoms with Gasteiger partial charge in [0.05, 0.1) is 24.8 Å². The third-order valence-corrected chi connectivity index (χ3v) is 6.18. The van der Waals surface area contributed by atoms with E-state index in [1.54, 1.807) is 11.0 Å². The molecule has 2 aliphatic rings. The number of carbonyl (C=O) groups excluding carboxylic acids is 2. The molecule has 1 saturated heterocycles. The number of aliphatic hydroxyl groups is 1. The van der Waals surface area contributed by atoms with Crippen molar-refractivity contribution in [1.82, 2.24) is 9.80 Å². The van der Waals surface area contributed by atoms with Gasteiger partial charge in [0, 0.05) is 18.7 Å². The minimum absolute atomic E-state index is 0.114. The Labute approximate surface area is 200 Å². The van der Waals surface area contributed by atoms with Crippen LogP contribution in [0, 0.1) is 0 Å². The molecule has 1 N–H and O–H groups in total. The fourth-order valence-electron chi connectivity index (χ4n) is 4.39. The Kier molecular flexibility index (Phi) is 7.22. The van der Waals surface area contributed by atoms with E-state index >= 15 is 0 Å². The quantitative estimate of drug-likeness (QED) is 0.364. The molecule has 180 valence electrons. The maximum Gasteiger partial charge on any atom is 0.295 e. The second-order valence-corrected chi connectivity index (χ2v) is 8.99. The average Bonchev–Trinajstić information content (AvgIpc) is 3.10. The number of ketones is 1. The first kappa shape index (κ1) is 23.8. The highest BCUT2D eigenvalue weighted by Gasteiger charge is 2.46. The number of carbonyl (C=O) groups is 2. The first-order chi connectivity index (χ1) is 16.4. The number of nitrogens with zero attached hydrogens (tertiary/aromatic N) is 2. The summed E-state index contributed by atoms with van der Waals surface area (Å²) in [7, 11) is 3.83. The number of rotatable bonds is 8. The van der Waals surface area contributed by atoms with Crippen LogP contribution in [0.4, 0.5) is 0 Å². The summed E-state index contributed by atoms with van der Waals surface area (Å²) in [6.45, 7) is 4.29. The molecule has 34 heavy (non-hydrogen) atoms. The van der Waals surface area contributed by atoms with Crippen LogP contribution in [0.1, 0.15) is 42.5 Å². The molecule has 4 rings (SSSR count). The van der Waals surface area contributed by atoms with Gasteiger partial charge in [-0.3, -0.25) is 9.59 Å². The molecular weight excluding hydrogens is 432 g/mol. The molecule has 1 unspecified atom stereocenters. The van der Waals surface area contributed by atoms with Gasteiger partial charge in [-0.25, -0.2) is 0 Å². The molecule has 0 aromatic heterocycles. The number of aliphatic hydroxyl groups excluding tert-OH is 1. The first-order valence-corrected chi connectivity index (χ1v) is 11.8. The van der Waals surface area contributed by atoms with Crippen LogP contribution in [0.25, 0.3) is 5.76 Å². The Morgan fingerprint density at radius 3 is 2.65 bits per heavy atom. The zero-order valence-corrected chi connectivity index (χ0v) is 20.0. The number of likely N-dealkylation sites (N-methyl/N-ethyl adjacent to an activating group) is 1. The number of Topliss-reactive ketones (excluding diaryl/α,β-unsaturated/α-hetero) is 1. The number of likely N-dealkylation sites (tertiary alicyclic amines) is 1. The van der Waals surface area contributed by atoms with Crippen LogP contribution in [0.5, 0.6) is 11.5 Å². The Morgan fingerprint density at radius 1 is 1.18 bits per heavy atom. The van der Waals surface area contributed by atoms with E-state index in [4.69, 9.17) is 9.47 Å². The molecular formula is C27H32N2O5. The maximum atomic E-state index is 13.2. The zero-order chi connectivity index (χ0) is 24.2. The van der Waals surface area contributed by atoms with Crippen LogP contribution in [0.3, 0.4) is 0 Å². The fourth-order valence-corrected chi connectivity index (χ4v) is 4.39. The number of fused-ring (bicyclic) bond motifs is 1. The van der Waals surface area contributed by atoms with Crippen LogP contribution < -0.4 is 9.47 Å². The Morgan fingerprint density at radius 2 is 1.94 bits per heavy atom. The summed E-state index contributed by atoms with van der Waals surface area (Å²) >= 11 is 0. The Bertz CT molecular complexity index is 1090. The standard InChI is InChI=1S/C27H32N2O5/c1-4-15-33-21-10-7-18(8-11-21)24-23(26(31)27(32)29(24)14-13-28(2)3)25(30)20-9-12-22-19(17-20)6-5-16-34-22/h7-12,17,24,30H,4-6,13-16H2,1-3H3/b25-23-. The van der Waals surface area contributed by atoms with E-state index in [0.717, 1.165) is 41.9 Å².